The summed E-state index contributed by atoms with van der Waals surface area (Å²) in [5.74, 6) is -0.939. The predicted molar refractivity (Wildman–Crippen MR) is 72.5 cm³/mol. The van der Waals surface area contributed by atoms with Crippen molar-refractivity contribution in [1.82, 2.24) is 0 Å². The molecule has 0 saturated carbocycles. The van der Waals surface area contributed by atoms with Crippen molar-refractivity contribution in [1.29, 1.82) is 0 Å². The highest BCUT2D eigenvalue weighted by molar-refractivity contribution is 6.17. The van der Waals surface area contributed by atoms with E-state index in [1.165, 1.54) is 0 Å². The van der Waals surface area contributed by atoms with E-state index in [1.807, 2.05) is 27.7 Å². The molecule has 0 spiro atoms. The van der Waals surface area contributed by atoms with E-state index < -0.39 is 17.5 Å². The monoisotopic (exact) mass is 272 g/mol. The predicted octanol–water partition coefficient (Wildman–Crippen LogP) is 1.36. The third-order valence-corrected chi connectivity index (χ3v) is 6.04. The van der Waals surface area contributed by atoms with Crippen LogP contribution in [0.2, 0.25) is 5.54 Å². The quantitative estimate of drug-likeness (QED) is 0.416. The highest BCUT2D eigenvalue weighted by Crippen LogP contribution is 2.42. The van der Waals surface area contributed by atoms with Crippen LogP contribution in [0.5, 0.6) is 0 Å². The Labute approximate surface area is 112 Å². The van der Waals surface area contributed by atoms with Crippen molar-refractivity contribution < 1.29 is 19.1 Å². The van der Waals surface area contributed by atoms with Crippen LogP contribution in [0.25, 0.3) is 0 Å². The summed E-state index contributed by atoms with van der Waals surface area (Å²) in [6.45, 7) is 8.09. The largest absolute Gasteiger partial charge is 0.391 e. The fourth-order valence-electron chi connectivity index (χ4n) is 2.23. The Kier molecular flexibility index (Phi) is 4.72. The number of rotatable bonds is 6. The Balaban J connectivity index is 3.07. The summed E-state index contributed by atoms with van der Waals surface area (Å²) < 4.78 is 10.9. The van der Waals surface area contributed by atoms with Gasteiger partial charge in [0.2, 0.25) is 0 Å². The van der Waals surface area contributed by atoms with Gasteiger partial charge in [-0.2, -0.15) is 0 Å². The summed E-state index contributed by atoms with van der Waals surface area (Å²) in [6.07, 6.45) is 2.52. The lowest BCUT2D eigenvalue weighted by Gasteiger charge is -2.39. The van der Waals surface area contributed by atoms with Crippen LogP contribution in [0.1, 0.15) is 53.4 Å². The first kappa shape index (κ1) is 15.4. The van der Waals surface area contributed by atoms with Crippen LogP contribution in [-0.4, -0.2) is 33.4 Å². The van der Waals surface area contributed by atoms with Gasteiger partial charge in [0.05, 0.1) is 12.0 Å². The van der Waals surface area contributed by atoms with E-state index in [-0.39, 0.29) is 17.6 Å². The van der Waals surface area contributed by atoms with Crippen LogP contribution < -0.4 is 0 Å². The average molecular weight is 272 g/mol. The number of esters is 2. The van der Waals surface area contributed by atoms with Gasteiger partial charge in [0.25, 0.3) is 0 Å². The lowest BCUT2D eigenvalue weighted by atomic mass is 9.91. The van der Waals surface area contributed by atoms with Crippen LogP contribution in [0.4, 0.5) is 0 Å². The molecule has 5 heteroatoms. The zero-order valence-corrected chi connectivity index (χ0v) is 14.0. The Morgan fingerprint density at radius 1 is 1.39 bits per heavy atom. The molecule has 1 saturated heterocycles. The first-order valence-corrected chi connectivity index (χ1v) is 7.94. The Hall–Kier alpha value is -0.683. The van der Waals surface area contributed by atoms with Crippen molar-refractivity contribution in [3.8, 4) is 0 Å². The molecule has 1 rings (SSSR count). The molecule has 1 fully saturated rings. The first-order chi connectivity index (χ1) is 8.33. The molecule has 0 aromatic carbocycles. The van der Waals surface area contributed by atoms with E-state index in [0.29, 0.717) is 0 Å². The number of cyclic esters (lactones) is 2. The zero-order valence-electron chi connectivity index (χ0n) is 12.0. The van der Waals surface area contributed by atoms with Crippen molar-refractivity contribution in [2.45, 2.75) is 70.1 Å². The minimum Gasteiger partial charge on any atom is -0.391 e. The van der Waals surface area contributed by atoms with E-state index in [9.17, 15) is 9.59 Å². The molecular formula is C13H24O4Si. The first-order valence-electron chi connectivity index (χ1n) is 6.78. The second-order valence-corrected chi connectivity index (χ2v) is 6.79. The van der Waals surface area contributed by atoms with E-state index in [2.05, 4.69) is 0 Å². The maximum atomic E-state index is 12.1. The zero-order chi connectivity index (χ0) is 14.0. The van der Waals surface area contributed by atoms with Gasteiger partial charge in [0.15, 0.2) is 5.60 Å². The average Bonchev–Trinajstić information content (AvgIpc) is 2.63. The van der Waals surface area contributed by atoms with Crippen LogP contribution in [0.15, 0.2) is 0 Å². The fourth-order valence-corrected chi connectivity index (χ4v) is 2.79. The van der Waals surface area contributed by atoms with E-state index in [4.69, 9.17) is 9.47 Å². The summed E-state index contributed by atoms with van der Waals surface area (Å²) >= 11 is 0. The topological polar surface area (TPSA) is 52.6 Å². The molecule has 1 heterocycles. The summed E-state index contributed by atoms with van der Waals surface area (Å²) in [4.78, 5) is 23.5. The fraction of sp³-hybridized carbons (Fsp3) is 0.846. The molecule has 104 valence electrons. The van der Waals surface area contributed by atoms with Gasteiger partial charge in [0.1, 0.15) is 0 Å². The van der Waals surface area contributed by atoms with Crippen molar-refractivity contribution in [2.75, 3.05) is 0 Å². The number of carbonyl (C=O) groups is 2. The van der Waals surface area contributed by atoms with Gasteiger partial charge in [-0.15, -0.1) is 0 Å². The highest BCUT2D eigenvalue weighted by atomic mass is 28.1. The maximum Gasteiger partial charge on any atom is 0.346 e. The van der Waals surface area contributed by atoms with Crippen molar-refractivity contribution in [2.24, 2.45) is 0 Å². The molecule has 0 N–H and O–H groups in total. The number of carbonyl (C=O) groups excluding carboxylic acids is 2. The van der Waals surface area contributed by atoms with Crippen molar-refractivity contribution in [3.63, 3.8) is 0 Å². The molecule has 0 aliphatic carbocycles. The summed E-state index contributed by atoms with van der Waals surface area (Å²) in [5, 5.41) is 0. The standard InChI is InChI=1S/C13H24O4Si/c1-5-9(18)13(8-10(14)16-11(13)15)17-12(4,6-2)7-3/h9H,5-8H2,1-4,18H3. The molecule has 1 aliphatic rings. The van der Waals surface area contributed by atoms with Crippen molar-refractivity contribution in [3.05, 3.63) is 0 Å². The van der Waals surface area contributed by atoms with Crippen LogP contribution in [-0.2, 0) is 19.1 Å². The second-order valence-electron chi connectivity index (χ2n) is 5.40. The smallest absolute Gasteiger partial charge is 0.346 e. The molecule has 4 nitrogen and oxygen atoms in total. The van der Waals surface area contributed by atoms with Crippen molar-refractivity contribution >= 4 is 22.2 Å². The van der Waals surface area contributed by atoms with E-state index >= 15 is 0 Å². The molecule has 2 unspecified atom stereocenters. The SMILES string of the molecule is CCC([SiH3])C1(OC(C)(CC)CC)CC(=O)OC1=O. The van der Waals surface area contributed by atoms with Crippen LogP contribution >= 0.6 is 0 Å². The van der Waals surface area contributed by atoms with Gasteiger partial charge in [0, 0.05) is 10.2 Å². The molecule has 0 bridgehead atoms. The molecule has 1 aliphatic heterocycles. The molecule has 0 aromatic heterocycles. The Bertz CT molecular complexity index is 338. The molecule has 0 radical (unpaired) electrons. The highest BCUT2D eigenvalue weighted by Gasteiger charge is 2.56. The summed E-state index contributed by atoms with van der Waals surface area (Å²) in [5.41, 5.74) is -1.30. The van der Waals surface area contributed by atoms with Gasteiger partial charge < -0.3 is 9.47 Å². The van der Waals surface area contributed by atoms with Gasteiger partial charge in [-0.25, -0.2) is 4.79 Å². The van der Waals surface area contributed by atoms with Crippen LogP contribution in [0, 0.1) is 0 Å². The molecule has 18 heavy (non-hydrogen) atoms. The normalized spacial score (nSPS) is 26.4. The number of ether oxygens (including phenoxy) is 2. The van der Waals surface area contributed by atoms with Gasteiger partial charge >= 0.3 is 11.9 Å². The van der Waals surface area contributed by atoms with E-state index in [1.54, 1.807) is 0 Å². The van der Waals surface area contributed by atoms with Gasteiger partial charge in [-0.05, 0) is 25.3 Å². The number of hydrogen-bond acceptors (Lipinski definition) is 4. The van der Waals surface area contributed by atoms with Crippen LogP contribution in [0.3, 0.4) is 0 Å². The Morgan fingerprint density at radius 3 is 2.28 bits per heavy atom. The summed E-state index contributed by atoms with van der Waals surface area (Å²) in [7, 11) is 0.806. The van der Waals surface area contributed by atoms with E-state index in [0.717, 1.165) is 29.5 Å². The molecule has 0 amide bonds. The summed E-state index contributed by atoms with van der Waals surface area (Å²) in [6, 6.07) is 0. The van der Waals surface area contributed by atoms with Gasteiger partial charge in [-0.1, -0.05) is 27.2 Å². The molecular weight excluding hydrogens is 248 g/mol. The minimum absolute atomic E-state index is 0.0728. The third kappa shape index (κ3) is 2.67. The minimum atomic E-state index is -1.03. The molecule has 2 atom stereocenters. The lowest BCUT2D eigenvalue weighted by molar-refractivity contribution is -0.182. The van der Waals surface area contributed by atoms with Gasteiger partial charge in [-0.3, -0.25) is 4.79 Å². The maximum absolute atomic E-state index is 12.1. The second kappa shape index (κ2) is 5.53. The third-order valence-electron chi connectivity index (χ3n) is 4.29. The lowest BCUT2D eigenvalue weighted by Crippen LogP contribution is -2.49. The number of hydrogen-bond donors (Lipinski definition) is 0. The Morgan fingerprint density at radius 2 is 1.94 bits per heavy atom. The molecule has 0 aromatic rings.